The zero-order valence-electron chi connectivity index (χ0n) is 5.30. The first-order chi connectivity index (χ1) is 4.43. The van der Waals surface area contributed by atoms with Crippen LogP contribution in [0.3, 0.4) is 0 Å². The standard InChI is InChI=1S/C6H11NO2/c8-4-5-9-6-2-1-3-7-6/h4,6-7H,1-3,5H2. The first kappa shape index (κ1) is 6.71. The van der Waals surface area contributed by atoms with Crippen LogP contribution >= 0.6 is 0 Å². The predicted molar refractivity (Wildman–Crippen MR) is 33.0 cm³/mol. The summed E-state index contributed by atoms with van der Waals surface area (Å²) in [6, 6.07) is 0. The Kier molecular flexibility index (Phi) is 2.67. The topological polar surface area (TPSA) is 38.3 Å². The Morgan fingerprint density at radius 1 is 1.78 bits per heavy atom. The summed E-state index contributed by atoms with van der Waals surface area (Å²) in [6.07, 6.45) is 3.10. The minimum absolute atomic E-state index is 0.134. The fraction of sp³-hybridized carbons (Fsp3) is 0.833. The molecule has 9 heavy (non-hydrogen) atoms. The number of nitrogens with one attached hydrogen (secondary N) is 1. The lowest BCUT2D eigenvalue weighted by Crippen LogP contribution is -2.25. The van der Waals surface area contributed by atoms with E-state index in [2.05, 4.69) is 5.32 Å². The average molecular weight is 129 g/mol. The van der Waals surface area contributed by atoms with Gasteiger partial charge in [0.05, 0.1) is 0 Å². The van der Waals surface area contributed by atoms with Crippen molar-refractivity contribution in [1.29, 1.82) is 0 Å². The van der Waals surface area contributed by atoms with Crippen molar-refractivity contribution in [3.05, 3.63) is 0 Å². The van der Waals surface area contributed by atoms with Crippen LogP contribution in [0.2, 0.25) is 0 Å². The Bertz CT molecular complexity index is 89.1. The maximum absolute atomic E-state index is 9.81. The minimum Gasteiger partial charge on any atom is -0.356 e. The number of hydrogen-bond donors (Lipinski definition) is 1. The van der Waals surface area contributed by atoms with Crippen LogP contribution in [-0.2, 0) is 9.53 Å². The van der Waals surface area contributed by atoms with Gasteiger partial charge in [0.15, 0.2) is 0 Å². The molecule has 3 heteroatoms. The Labute approximate surface area is 54.4 Å². The van der Waals surface area contributed by atoms with Gasteiger partial charge < -0.3 is 9.53 Å². The van der Waals surface area contributed by atoms with Crippen molar-refractivity contribution >= 4 is 6.29 Å². The van der Waals surface area contributed by atoms with Crippen molar-refractivity contribution in [3.8, 4) is 0 Å². The molecule has 1 fully saturated rings. The van der Waals surface area contributed by atoms with E-state index in [0.717, 1.165) is 25.7 Å². The highest BCUT2D eigenvalue weighted by Crippen LogP contribution is 2.04. The smallest absolute Gasteiger partial charge is 0.145 e. The maximum Gasteiger partial charge on any atom is 0.145 e. The monoisotopic (exact) mass is 129 g/mol. The van der Waals surface area contributed by atoms with E-state index in [0.29, 0.717) is 0 Å². The van der Waals surface area contributed by atoms with Gasteiger partial charge in [-0.15, -0.1) is 0 Å². The van der Waals surface area contributed by atoms with Crippen molar-refractivity contribution in [2.45, 2.75) is 19.1 Å². The number of carbonyl (C=O) groups is 1. The highest BCUT2D eigenvalue weighted by Gasteiger charge is 2.12. The Hall–Kier alpha value is -0.410. The molecule has 0 radical (unpaired) electrons. The van der Waals surface area contributed by atoms with Gasteiger partial charge in [-0.05, 0) is 19.4 Å². The summed E-state index contributed by atoms with van der Waals surface area (Å²) in [5.41, 5.74) is 0. The van der Waals surface area contributed by atoms with E-state index >= 15 is 0 Å². The highest BCUT2D eigenvalue weighted by atomic mass is 16.5. The quantitative estimate of drug-likeness (QED) is 0.541. The normalized spacial score (nSPS) is 26.4. The zero-order chi connectivity index (χ0) is 6.53. The summed E-state index contributed by atoms with van der Waals surface area (Å²) in [4.78, 5) is 9.81. The van der Waals surface area contributed by atoms with E-state index < -0.39 is 0 Å². The van der Waals surface area contributed by atoms with Crippen LogP contribution in [0.25, 0.3) is 0 Å². The third kappa shape index (κ3) is 2.11. The molecule has 1 heterocycles. The van der Waals surface area contributed by atoms with Crippen LogP contribution < -0.4 is 5.32 Å². The number of ether oxygens (including phenoxy) is 1. The zero-order valence-corrected chi connectivity index (χ0v) is 5.30. The molecule has 0 bridgehead atoms. The summed E-state index contributed by atoms with van der Waals surface area (Å²) in [5, 5.41) is 3.11. The van der Waals surface area contributed by atoms with Gasteiger partial charge in [0.1, 0.15) is 19.1 Å². The highest BCUT2D eigenvalue weighted by molar-refractivity contribution is 5.50. The minimum atomic E-state index is 0.134. The van der Waals surface area contributed by atoms with Crippen molar-refractivity contribution in [2.75, 3.05) is 13.2 Å². The Morgan fingerprint density at radius 2 is 2.67 bits per heavy atom. The molecule has 1 unspecified atom stereocenters. The lowest BCUT2D eigenvalue weighted by Gasteiger charge is -2.07. The third-order valence-electron chi connectivity index (χ3n) is 1.38. The van der Waals surface area contributed by atoms with Gasteiger partial charge in [-0.2, -0.15) is 0 Å². The molecule has 0 spiro atoms. The van der Waals surface area contributed by atoms with Crippen molar-refractivity contribution in [3.63, 3.8) is 0 Å². The molecule has 1 aliphatic rings. The number of carbonyl (C=O) groups excluding carboxylic acids is 1. The van der Waals surface area contributed by atoms with Gasteiger partial charge in [-0.25, -0.2) is 0 Å². The van der Waals surface area contributed by atoms with Gasteiger partial charge >= 0.3 is 0 Å². The van der Waals surface area contributed by atoms with Gasteiger partial charge in [-0.1, -0.05) is 0 Å². The van der Waals surface area contributed by atoms with Crippen LogP contribution in [0.1, 0.15) is 12.8 Å². The summed E-state index contributed by atoms with van der Waals surface area (Å²) in [7, 11) is 0. The first-order valence-electron chi connectivity index (χ1n) is 3.22. The molecule has 0 aromatic heterocycles. The lowest BCUT2D eigenvalue weighted by molar-refractivity contribution is -0.114. The number of aldehydes is 1. The second-order valence-corrected chi connectivity index (χ2v) is 2.08. The molecule has 0 aliphatic carbocycles. The third-order valence-corrected chi connectivity index (χ3v) is 1.38. The summed E-state index contributed by atoms with van der Waals surface area (Å²) >= 11 is 0. The van der Waals surface area contributed by atoms with E-state index in [4.69, 9.17) is 4.74 Å². The molecule has 1 aliphatic heterocycles. The van der Waals surface area contributed by atoms with E-state index in [1.165, 1.54) is 0 Å². The second kappa shape index (κ2) is 3.58. The fourth-order valence-corrected chi connectivity index (χ4v) is 0.950. The van der Waals surface area contributed by atoms with Crippen LogP contribution in [0.5, 0.6) is 0 Å². The second-order valence-electron chi connectivity index (χ2n) is 2.08. The van der Waals surface area contributed by atoms with Crippen LogP contribution in [-0.4, -0.2) is 25.7 Å². The molecular weight excluding hydrogens is 118 g/mol. The van der Waals surface area contributed by atoms with Crippen LogP contribution in [0, 0.1) is 0 Å². The number of hydrogen-bond acceptors (Lipinski definition) is 3. The Morgan fingerprint density at radius 3 is 3.22 bits per heavy atom. The molecular formula is C6H11NO2. The molecule has 1 rings (SSSR count). The molecule has 0 saturated carbocycles. The molecule has 1 saturated heterocycles. The fourth-order valence-electron chi connectivity index (χ4n) is 0.950. The maximum atomic E-state index is 9.81. The molecule has 52 valence electrons. The van der Waals surface area contributed by atoms with E-state index in [-0.39, 0.29) is 12.8 Å². The lowest BCUT2D eigenvalue weighted by atomic mass is 10.4. The van der Waals surface area contributed by atoms with Gasteiger partial charge in [-0.3, -0.25) is 5.32 Å². The largest absolute Gasteiger partial charge is 0.356 e. The number of rotatable bonds is 3. The molecule has 1 atom stereocenters. The molecule has 1 N–H and O–H groups in total. The predicted octanol–water partition coefficient (Wildman–Crippen LogP) is -0.0886. The van der Waals surface area contributed by atoms with E-state index in [1.54, 1.807) is 0 Å². The summed E-state index contributed by atoms with van der Waals surface area (Å²) in [6.45, 7) is 1.24. The molecule has 3 nitrogen and oxygen atoms in total. The van der Waals surface area contributed by atoms with Crippen LogP contribution in [0.15, 0.2) is 0 Å². The molecule has 0 aromatic carbocycles. The Balaban J connectivity index is 2.04. The van der Waals surface area contributed by atoms with E-state index in [9.17, 15) is 4.79 Å². The van der Waals surface area contributed by atoms with Gasteiger partial charge in [0.2, 0.25) is 0 Å². The summed E-state index contributed by atoms with van der Waals surface area (Å²) < 4.78 is 5.07. The van der Waals surface area contributed by atoms with Crippen LogP contribution in [0.4, 0.5) is 0 Å². The van der Waals surface area contributed by atoms with Crippen molar-refractivity contribution < 1.29 is 9.53 Å². The summed E-state index contributed by atoms with van der Waals surface area (Å²) in [5.74, 6) is 0. The SMILES string of the molecule is O=CCOC1CCCN1. The van der Waals surface area contributed by atoms with Gasteiger partial charge in [0, 0.05) is 0 Å². The van der Waals surface area contributed by atoms with Crippen molar-refractivity contribution in [2.24, 2.45) is 0 Å². The molecule has 0 aromatic rings. The van der Waals surface area contributed by atoms with Crippen molar-refractivity contribution in [1.82, 2.24) is 5.32 Å². The van der Waals surface area contributed by atoms with Gasteiger partial charge in [0.25, 0.3) is 0 Å². The molecule has 0 amide bonds. The first-order valence-corrected chi connectivity index (χ1v) is 3.22. The van der Waals surface area contributed by atoms with E-state index in [1.807, 2.05) is 0 Å². The average Bonchev–Trinajstić information content (AvgIpc) is 2.34.